The van der Waals surface area contributed by atoms with Crippen LogP contribution >= 0.6 is 11.6 Å². The van der Waals surface area contributed by atoms with Crippen molar-refractivity contribution in [3.8, 4) is 17.1 Å². The topological polar surface area (TPSA) is 68.1 Å². The first-order valence-electron chi connectivity index (χ1n) is 6.92. The molecule has 2 aromatic carbocycles. The van der Waals surface area contributed by atoms with E-state index >= 15 is 0 Å². The normalized spacial score (nSPS) is 11.2. The Hall–Kier alpha value is -2.79. The van der Waals surface area contributed by atoms with E-state index in [2.05, 4.69) is 9.97 Å². The molecule has 0 spiro atoms. The van der Waals surface area contributed by atoms with E-state index < -0.39 is 0 Å². The maximum Gasteiger partial charge on any atom is 0.336 e. The van der Waals surface area contributed by atoms with Crippen molar-refractivity contribution in [3.05, 3.63) is 57.9 Å². The molecule has 2 heterocycles. The van der Waals surface area contributed by atoms with Gasteiger partial charge in [-0.3, -0.25) is 0 Å². The van der Waals surface area contributed by atoms with Crippen molar-refractivity contribution in [2.75, 3.05) is 7.11 Å². The monoisotopic (exact) mass is 326 g/mol. The minimum Gasteiger partial charge on any atom is -0.496 e. The van der Waals surface area contributed by atoms with Crippen LogP contribution in [-0.2, 0) is 0 Å². The van der Waals surface area contributed by atoms with Crippen LogP contribution in [0.25, 0.3) is 33.4 Å². The summed E-state index contributed by atoms with van der Waals surface area (Å²) in [4.78, 5) is 19.2. The van der Waals surface area contributed by atoms with Crippen molar-refractivity contribution in [3.63, 3.8) is 0 Å². The molecular formula is C17H11ClN2O3. The lowest BCUT2D eigenvalue weighted by molar-refractivity contribution is 0.416. The van der Waals surface area contributed by atoms with E-state index in [1.807, 2.05) is 6.07 Å². The van der Waals surface area contributed by atoms with Gasteiger partial charge in [0.25, 0.3) is 0 Å². The van der Waals surface area contributed by atoms with Gasteiger partial charge in [-0.2, -0.15) is 0 Å². The third kappa shape index (κ3) is 2.26. The zero-order chi connectivity index (χ0) is 16.0. The number of methoxy groups -OCH3 is 1. The van der Waals surface area contributed by atoms with Gasteiger partial charge in [-0.1, -0.05) is 11.6 Å². The van der Waals surface area contributed by atoms with Crippen LogP contribution in [0.1, 0.15) is 0 Å². The minimum atomic E-state index is -0.385. The van der Waals surface area contributed by atoms with Gasteiger partial charge in [0.2, 0.25) is 0 Å². The van der Waals surface area contributed by atoms with E-state index in [1.54, 1.807) is 37.4 Å². The van der Waals surface area contributed by atoms with Gasteiger partial charge in [0.1, 0.15) is 17.2 Å². The molecule has 2 aromatic heterocycles. The number of imidazole rings is 1. The van der Waals surface area contributed by atoms with Crippen LogP contribution in [0.15, 0.2) is 51.7 Å². The minimum absolute atomic E-state index is 0.385. The van der Waals surface area contributed by atoms with Gasteiger partial charge in [-0.05, 0) is 36.4 Å². The Balaban J connectivity index is 2.01. The average molecular weight is 327 g/mol. The standard InChI is InChI=1S/C17H11ClN2O3/c1-22-13-5-2-9(18)8-11(13)17-19-12-4-6-14-10(16(12)20-17)3-7-15(21)23-14/h2-8H,1H3,(H,19,20). The van der Waals surface area contributed by atoms with Crippen molar-refractivity contribution in [2.24, 2.45) is 0 Å². The summed E-state index contributed by atoms with van der Waals surface area (Å²) in [5.74, 6) is 1.31. The lowest BCUT2D eigenvalue weighted by atomic mass is 10.2. The molecule has 6 heteroatoms. The van der Waals surface area contributed by atoms with Crippen LogP contribution in [-0.4, -0.2) is 17.1 Å². The molecule has 0 aliphatic carbocycles. The summed E-state index contributed by atoms with van der Waals surface area (Å²) in [5.41, 5.74) is 2.44. The number of fused-ring (bicyclic) bond motifs is 3. The molecule has 114 valence electrons. The molecule has 4 aromatic rings. The summed E-state index contributed by atoms with van der Waals surface area (Å²) in [5, 5.41) is 1.36. The summed E-state index contributed by atoms with van der Waals surface area (Å²) in [6.07, 6.45) is 0. The first-order valence-corrected chi connectivity index (χ1v) is 7.30. The summed E-state index contributed by atoms with van der Waals surface area (Å²) < 4.78 is 10.6. The van der Waals surface area contributed by atoms with Gasteiger partial charge in [-0.15, -0.1) is 0 Å². The number of nitrogens with one attached hydrogen (secondary N) is 1. The highest BCUT2D eigenvalue weighted by molar-refractivity contribution is 6.31. The van der Waals surface area contributed by atoms with Crippen LogP contribution in [0.4, 0.5) is 0 Å². The lowest BCUT2D eigenvalue weighted by Crippen LogP contribution is -1.94. The first kappa shape index (κ1) is 13.8. The Labute approximate surface area is 135 Å². The fraction of sp³-hybridized carbons (Fsp3) is 0.0588. The Morgan fingerprint density at radius 2 is 2.04 bits per heavy atom. The fourth-order valence-electron chi connectivity index (χ4n) is 2.61. The van der Waals surface area contributed by atoms with Crippen molar-refractivity contribution in [1.29, 1.82) is 0 Å². The molecule has 0 saturated carbocycles. The Morgan fingerprint density at radius 1 is 1.17 bits per heavy atom. The number of aromatic nitrogens is 2. The molecule has 0 saturated heterocycles. The molecular weight excluding hydrogens is 316 g/mol. The number of hydrogen-bond donors (Lipinski definition) is 1. The molecule has 0 amide bonds. The quantitative estimate of drug-likeness (QED) is 0.565. The third-order valence-corrected chi connectivity index (χ3v) is 3.90. The number of hydrogen-bond acceptors (Lipinski definition) is 4. The van der Waals surface area contributed by atoms with E-state index in [0.717, 1.165) is 22.0 Å². The molecule has 23 heavy (non-hydrogen) atoms. The van der Waals surface area contributed by atoms with E-state index in [1.165, 1.54) is 6.07 Å². The van der Waals surface area contributed by atoms with Gasteiger partial charge in [0, 0.05) is 16.5 Å². The van der Waals surface area contributed by atoms with E-state index in [9.17, 15) is 4.79 Å². The second-order valence-electron chi connectivity index (χ2n) is 5.06. The second kappa shape index (κ2) is 5.14. The molecule has 0 atom stereocenters. The highest BCUT2D eigenvalue weighted by atomic mass is 35.5. The summed E-state index contributed by atoms with van der Waals surface area (Å²) in [7, 11) is 1.60. The molecule has 0 aliphatic heterocycles. The van der Waals surface area contributed by atoms with Crippen LogP contribution in [0.5, 0.6) is 5.75 Å². The Kier molecular flexibility index (Phi) is 3.09. The lowest BCUT2D eigenvalue weighted by Gasteiger charge is -2.06. The molecule has 1 N–H and O–H groups in total. The van der Waals surface area contributed by atoms with Crippen molar-refractivity contribution in [1.82, 2.24) is 9.97 Å². The van der Waals surface area contributed by atoms with Crippen molar-refractivity contribution < 1.29 is 9.15 Å². The number of ether oxygens (including phenoxy) is 1. The maximum absolute atomic E-state index is 11.3. The molecule has 0 bridgehead atoms. The molecule has 0 fully saturated rings. The van der Waals surface area contributed by atoms with Gasteiger partial charge >= 0.3 is 5.63 Å². The molecule has 4 rings (SSSR count). The number of nitrogens with zero attached hydrogens (tertiary/aromatic N) is 1. The SMILES string of the molecule is COc1ccc(Cl)cc1-c1nc2c(ccc3oc(=O)ccc32)[nH]1. The zero-order valence-electron chi connectivity index (χ0n) is 12.1. The Bertz CT molecular complexity index is 1100. The van der Waals surface area contributed by atoms with E-state index in [4.69, 9.17) is 20.8 Å². The summed E-state index contributed by atoms with van der Waals surface area (Å²) in [6.45, 7) is 0. The van der Waals surface area contributed by atoms with Crippen LogP contribution in [0.3, 0.4) is 0 Å². The average Bonchev–Trinajstić information content (AvgIpc) is 2.98. The van der Waals surface area contributed by atoms with E-state index in [0.29, 0.717) is 22.2 Å². The van der Waals surface area contributed by atoms with Gasteiger partial charge in [0.05, 0.1) is 23.7 Å². The van der Waals surface area contributed by atoms with Crippen molar-refractivity contribution >= 4 is 33.6 Å². The highest BCUT2D eigenvalue weighted by Gasteiger charge is 2.13. The number of H-pyrrole nitrogens is 1. The smallest absolute Gasteiger partial charge is 0.336 e. The number of rotatable bonds is 2. The summed E-state index contributed by atoms with van der Waals surface area (Å²) in [6, 6.07) is 12.0. The molecule has 0 unspecified atom stereocenters. The number of benzene rings is 2. The zero-order valence-corrected chi connectivity index (χ0v) is 12.8. The largest absolute Gasteiger partial charge is 0.496 e. The van der Waals surface area contributed by atoms with Gasteiger partial charge in [0.15, 0.2) is 0 Å². The van der Waals surface area contributed by atoms with Gasteiger partial charge < -0.3 is 14.1 Å². The van der Waals surface area contributed by atoms with Gasteiger partial charge in [-0.25, -0.2) is 9.78 Å². The number of aromatic amines is 1. The molecule has 5 nitrogen and oxygen atoms in total. The van der Waals surface area contributed by atoms with E-state index in [-0.39, 0.29) is 5.63 Å². The predicted octanol–water partition coefficient (Wildman–Crippen LogP) is 4.00. The fourth-order valence-corrected chi connectivity index (χ4v) is 2.79. The van der Waals surface area contributed by atoms with Crippen LogP contribution < -0.4 is 10.4 Å². The molecule has 0 radical (unpaired) electrons. The second-order valence-corrected chi connectivity index (χ2v) is 5.49. The molecule has 0 aliphatic rings. The number of halogens is 1. The highest BCUT2D eigenvalue weighted by Crippen LogP contribution is 2.33. The third-order valence-electron chi connectivity index (χ3n) is 3.67. The van der Waals surface area contributed by atoms with Crippen LogP contribution in [0, 0.1) is 0 Å². The van der Waals surface area contributed by atoms with Crippen LogP contribution in [0.2, 0.25) is 5.02 Å². The maximum atomic E-state index is 11.3. The van der Waals surface area contributed by atoms with Crippen molar-refractivity contribution in [2.45, 2.75) is 0 Å². The Morgan fingerprint density at radius 3 is 2.87 bits per heavy atom. The predicted molar refractivity (Wildman–Crippen MR) is 89.1 cm³/mol. The first-order chi connectivity index (χ1) is 11.2. The summed E-state index contributed by atoms with van der Waals surface area (Å²) >= 11 is 6.09.